The molecule has 0 aliphatic carbocycles. The molecule has 1 fully saturated rings. The van der Waals surface area contributed by atoms with E-state index in [9.17, 15) is 0 Å². The van der Waals surface area contributed by atoms with Gasteiger partial charge in [0.15, 0.2) is 0 Å². The highest BCUT2D eigenvalue weighted by Gasteiger charge is 2.50. The number of halogens is 6. The molecular weight excluding hydrogens is 648 g/mol. The molecule has 1 rings (SSSR count). The van der Waals surface area contributed by atoms with Gasteiger partial charge in [0, 0.05) is 0 Å². The van der Waals surface area contributed by atoms with Gasteiger partial charge >= 0.3 is 0 Å². The van der Waals surface area contributed by atoms with E-state index >= 15 is 0 Å². The summed E-state index contributed by atoms with van der Waals surface area (Å²) in [5, 5.41) is 0. The first-order valence-electron chi connectivity index (χ1n) is 3.31. The van der Waals surface area contributed by atoms with E-state index in [1.54, 1.807) is 0 Å². The van der Waals surface area contributed by atoms with Crippen molar-refractivity contribution < 1.29 is 0 Å². The maximum atomic E-state index is 4.01. The quantitative estimate of drug-likeness (QED) is 0.273. The van der Waals surface area contributed by atoms with Crippen molar-refractivity contribution in [1.29, 1.82) is 0 Å². The summed E-state index contributed by atoms with van der Waals surface area (Å²) in [7, 11) is 0. The van der Waals surface area contributed by atoms with Crippen LogP contribution in [0.3, 0.4) is 0 Å². The van der Waals surface area contributed by atoms with E-state index < -0.39 is 38.7 Å². The van der Waals surface area contributed by atoms with Crippen molar-refractivity contribution in [2.45, 2.75) is 0 Å². The van der Waals surface area contributed by atoms with Gasteiger partial charge in [0.05, 0.1) is 0 Å². The highest BCUT2D eigenvalue weighted by molar-refractivity contribution is 9.51. The van der Waals surface area contributed by atoms with Crippen molar-refractivity contribution in [3.63, 3.8) is 0 Å². The zero-order valence-corrected chi connectivity index (χ0v) is 22.2. The predicted octanol–water partition coefficient (Wildman–Crippen LogP) is 1.18. The van der Waals surface area contributed by atoms with Crippen LogP contribution in [0.1, 0.15) is 0 Å². The number of hydrogen-bond acceptors (Lipinski definition) is 0. The second-order valence-electron chi connectivity index (χ2n) is 2.67. The van der Waals surface area contributed by atoms with Gasteiger partial charge in [0.25, 0.3) is 0 Å². The van der Waals surface area contributed by atoms with Crippen molar-refractivity contribution in [2.24, 2.45) is 0 Å². The molecule has 0 radical (unpaired) electrons. The Morgan fingerprint density at radius 3 is 0.500 bits per heavy atom. The third-order valence-electron chi connectivity index (χ3n) is 1.83. The van der Waals surface area contributed by atoms with Crippen LogP contribution in [0.5, 0.6) is 0 Å². The van der Waals surface area contributed by atoms with E-state index in [4.69, 9.17) is 0 Å². The smallest absolute Gasteiger partial charge is 0.115 e. The second kappa shape index (κ2) is 6.21. The lowest BCUT2D eigenvalue weighted by Crippen LogP contribution is -2.66. The van der Waals surface area contributed by atoms with Gasteiger partial charge in [-0.05, 0) is 0 Å². The zero-order valence-electron chi connectivity index (χ0n) is 5.73. The summed E-state index contributed by atoms with van der Waals surface area (Å²) >= 11 is 24.0. The molecule has 0 aromatic carbocycles. The Bertz CT molecular complexity index is 104. The van der Waals surface area contributed by atoms with Gasteiger partial charge in [0.2, 0.25) is 0 Å². The Labute approximate surface area is 128 Å². The Morgan fingerprint density at radius 1 is 0.333 bits per heavy atom. The highest BCUT2D eigenvalue weighted by Crippen LogP contribution is 2.31. The lowest BCUT2D eigenvalue weighted by atomic mass is 26.1. The fourth-order valence-corrected chi connectivity index (χ4v) is 426. The van der Waals surface area contributed by atoms with Crippen LogP contribution in [-0.4, -0.2) is 38.7 Å². The Morgan fingerprint density at radius 2 is 0.417 bits per heavy atom. The largest absolute Gasteiger partial charge is 0.137 e. The van der Waals surface area contributed by atoms with Crippen molar-refractivity contribution in [1.82, 2.24) is 0 Å². The molecule has 1 aliphatic heterocycles. The van der Waals surface area contributed by atoms with Crippen LogP contribution in [-0.2, 0) is 0 Å². The first kappa shape index (κ1) is 14.2. The predicted molar refractivity (Wildman–Crippen MR) is 96.5 cm³/mol. The monoisotopic (exact) mass is 647 g/mol. The molecule has 0 nitrogen and oxygen atoms in total. The van der Waals surface area contributed by atoms with Crippen LogP contribution >= 0.6 is 91.8 Å². The Kier molecular flexibility index (Phi) is 7.37. The number of hydrogen-bond donors (Lipinski definition) is 0. The summed E-state index contributed by atoms with van der Waals surface area (Å²) in [5.41, 5.74) is 0. The average Bonchev–Trinajstić information content (AvgIpc) is 2.08. The van der Waals surface area contributed by atoms with Gasteiger partial charge in [0.1, 0.15) is 38.7 Å². The molecule has 12 heavy (non-hydrogen) atoms. The van der Waals surface area contributed by atoms with E-state index in [0.29, 0.717) is 0 Å². The lowest BCUT2D eigenvalue weighted by molar-refractivity contribution is 3.57. The van der Waals surface area contributed by atoms with Crippen LogP contribution < -0.4 is 0 Å². The Hall–Kier alpha value is 4.18. The minimum Gasteiger partial charge on any atom is -0.137 e. The molecule has 1 heterocycles. The first-order valence-corrected chi connectivity index (χ1v) is 38.4. The fourth-order valence-electron chi connectivity index (χ4n) is 1.05. The van der Waals surface area contributed by atoms with Crippen molar-refractivity contribution in [3.05, 3.63) is 0 Å². The molecule has 0 aromatic rings. The summed E-state index contributed by atoms with van der Waals surface area (Å²) in [5.74, 6) is 0. The minimum absolute atomic E-state index is 0.479. The SMILES string of the molecule is Br[SiH]1[SiH](Br)[SiH](Br)[SiH](Br)[SiH](Br)[SiH]1Br. The van der Waals surface area contributed by atoms with Gasteiger partial charge in [-0.1, -0.05) is 0 Å². The molecule has 0 amide bonds. The maximum Gasteiger partial charge on any atom is 0.115 e. The van der Waals surface area contributed by atoms with Gasteiger partial charge in [-0.2, -0.15) is 0 Å². The van der Waals surface area contributed by atoms with E-state index in [0.717, 1.165) is 0 Å². The van der Waals surface area contributed by atoms with Crippen molar-refractivity contribution in [3.8, 4) is 0 Å². The zero-order chi connectivity index (χ0) is 9.46. The van der Waals surface area contributed by atoms with Gasteiger partial charge in [-0.25, -0.2) is 0 Å². The maximum absolute atomic E-state index is 4.01. The van der Waals surface area contributed by atoms with E-state index in [1.165, 1.54) is 0 Å². The van der Waals surface area contributed by atoms with Crippen LogP contribution in [0.25, 0.3) is 0 Å². The molecular formula is H6Br6Si6. The van der Waals surface area contributed by atoms with E-state index in [-0.39, 0.29) is 0 Å². The standard InChI is InChI=1S/Br6H6Si6/c1-7-8(2)10(4)12(6)11(5)9(7)3/h7-12H. The average molecular weight is 654 g/mol. The van der Waals surface area contributed by atoms with E-state index in [2.05, 4.69) is 91.8 Å². The van der Waals surface area contributed by atoms with Crippen molar-refractivity contribution in [2.75, 3.05) is 0 Å². The lowest BCUT2D eigenvalue weighted by Gasteiger charge is -2.34. The van der Waals surface area contributed by atoms with Gasteiger partial charge in [-0.15, -0.1) is 91.8 Å². The second-order valence-corrected chi connectivity index (χ2v) is 102. The summed E-state index contributed by atoms with van der Waals surface area (Å²) in [6, 6.07) is 0. The molecule has 12 heteroatoms. The molecule has 0 unspecified atom stereocenters. The Balaban J connectivity index is 2.76. The van der Waals surface area contributed by atoms with Crippen LogP contribution in [0, 0.1) is 0 Å². The summed E-state index contributed by atoms with van der Waals surface area (Å²) in [6.07, 6.45) is 0. The summed E-state index contributed by atoms with van der Waals surface area (Å²) < 4.78 is 0. The fraction of sp³-hybridized carbons (Fsp3) is 0. The number of rotatable bonds is 0. The molecule has 0 spiro atoms. The molecule has 0 aromatic heterocycles. The third kappa shape index (κ3) is 3.10. The molecule has 0 N–H and O–H groups in total. The third-order valence-corrected chi connectivity index (χ3v) is 246. The molecule has 1 aliphatic rings. The van der Waals surface area contributed by atoms with Crippen LogP contribution in [0.4, 0.5) is 0 Å². The van der Waals surface area contributed by atoms with Crippen molar-refractivity contribution >= 4 is 130 Å². The topological polar surface area (TPSA) is 0 Å². The normalized spacial score (nSPS) is 55.5. The molecule has 1 saturated heterocycles. The molecule has 0 atom stereocenters. The van der Waals surface area contributed by atoms with Gasteiger partial charge < -0.3 is 0 Å². The van der Waals surface area contributed by atoms with Gasteiger partial charge in [-0.3, -0.25) is 0 Å². The van der Waals surface area contributed by atoms with Crippen LogP contribution in [0.2, 0.25) is 0 Å². The first-order chi connectivity index (χ1) is 5.46. The molecule has 0 bridgehead atoms. The minimum atomic E-state index is -0.479. The summed E-state index contributed by atoms with van der Waals surface area (Å²) in [4.78, 5) is 0. The molecule has 72 valence electrons. The molecule has 0 saturated carbocycles. The summed E-state index contributed by atoms with van der Waals surface area (Å²) in [6.45, 7) is -2.87. The van der Waals surface area contributed by atoms with Crippen LogP contribution in [0.15, 0.2) is 0 Å². The highest BCUT2D eigenvalue weighted by atomic mass is 79.9. The van der Waals surface area contributed by atoms with E-state index in [1.807, 2.05) is 0 Å².